The molecule has 1 aromatic carbocycles. The number of nitrogens with zero attached hydrogens (tertiary/aromatic N) is 1. The van der Waals surface area contributed by atoms with E-state index in [1.807, 2.05) is 12.1 Å². The zero-order valence-corrected chi connectivity index (χ0v) is 13.9. The molecule has 0 unspecified atom stereocenters. The van der Waals surface area contributed by atoms with Crippen molar-refractivity contribution in [1.82, 2.24) is 10.2 Å². The predicted molar refractivity (Wildman–Crippen MR) is 92.2 cm³/mol. The molecule has 22 heavy (non-hydrogen) atoms. The fourth-order valence-corrected chi connectivity index (χ4v) is 2.86. The van der Waals surface area contributed by atoms with E-state index in [-0.39, 0.29) is 5.97 Å². The van der Waals surface area contributed by atoms with Gasteiger partial charge < -0.3 is 20.3 Å². The van der Waals surface area contributed by atoms with Crippen molar-refractivity contribution in [2.45, 2.75) is 12.8 Å². The maximum absolute atomic E-state index is 11.4. The molecule has 0 bridgehead atoms. The van der Waals surface area contributed by atoms with E-state index >= 15 is 0 Å². The highest BCUT2D eigenvalue weighted by atomic mass is 32.1. The predicted octanol–water partition coefficient (Wildman–Crippen LogP) is 2.10. The molecule has 2 rings (SSSR count). The Labute approximate surface area is 137 Å². The normalized spacial score (nSPS) is 18.5. The SMILES string of the molecule is COC(=O)c1ccc(NC(=S)NC[C@H]2CCCN(C)C2)cc1. The van der Waals surface area contributed by atoms with Crippen LogP contribution in [-0.2, 0) is 4.74 Å². The number of benzene rings is 1. The van der Waals surface area contributed by atoms with Crippen LogP contribution >= 0.6 is 12.2 Å². The minimum Gasteiger partial charge on any atom is -0.465 e. The summed E-state index contributed by atoms with van der Waals surface area (Å²) in [7, 11) is 3.53. The van der Waals surface area contributed by atoms with E-state index in [0.717, 1.165) is 18.8 Å². The number of likely N-dealkylation sites (tertiary alicyclic amines) is 1. The van der Waals surface area contributed by atoms with Gasteiger partial charge in [-0.2, -0.15) is 0 Å². The highest BCUT2D eigenvalue weighted by Crippen LogP contribution is 2.14. The average Bonchev–Trinajstić information content (AvgIpc) is 2.53. The van der Waals surface area contributed by atoms with Crippen molar-refractivity contribution in [3.8, 4) is 0 Å². The van der Waals surface area contributed by atoms with Gasteiger partial charge in [-0.3, -0.25) is 0 Å². The van der Waals surface area contributed by atoms with E-state index in [9.17, 15) is 4.79 Å². The van der Waals surface area contributed by atoms with E-state index in [4.69, 9.17) is 12.2 Å². The first-order valence-electron chi connectivity index (χ1n) is 7.50. The van der Waals surface area contributed by atoms with Crippen LogP contribution in [0.2, 0.25) is 0 Å². The third-order valence-electron chi connectivity index (χ3n) is 3.84. The fourth-order valence-electron chi connectivity index (χ4n) is 2.66. The second-order valence-corrected chi connectivity index (χ2v) is 6.08. The summed E-state index contributed by atoms with van der Waals surface area (Å²) in [5.74, 6) is 0.300. The number of methoxy groups -OCH3 is 1. The zero-order chi connectivity index (χ0) is 15.9. The molecule has 0 aliphatic carbocycles. The number of thiocarbonyl (C=S) groups is 1. The third-order valence-corrected chi connectivity index (χ3v) is 4.08. The number of piperidine rings is 1. The quantitative estimate of drug-likeness (QED) is 0.654. The Morgan fingerprint density at radius 3 is 2.77 bits per heavy atom. The molecule has 0 spiro atoms. The van der Waals surface area contributed by atoms with Crippen LogP contribution in [0.15, 0.2) is 24.3 Å². The fraction of sp³-hybridized carbons (Fsp3) is 0.500. The molecular formula is C16H23N3O2S. The number of hydrogen-bond donors (Lipinski definition) is 2. The van der Waals surface area contributed by atoms with Gasteiger partial charge in [-0.15, -0.1) is 0 Å². The Morgan fingerprint density at radius 1 is 1.41 bits per heavy atom. The second-order valence-electron chi connectivity index (χ2n) is 5.67. The van der Waals surface area contributed by atoms with Gasteiger partial charge in [0.25, 0.3) is 0 Å². The number of carbonyl (C=O) groups excluding carboxylic acids is 1. The first kappa shape index (κ1) is 16.7. The molecule has 1 aliphatic heterocycles. The minimum atomic E-state index is -0.339. The van der Waals surface area contributed by atoms with Crippen LogP contribution in [0.3, 0.4) is 0 Å². The summed E-state index contributed by atoms with van der Waals surface area (Å²) in [6, 6.07) is 7.06. The van der Waals surface area contributed by atoms with E-state index in [1.54, 1.807) is 12.1 Å². The van der Waals surface area contributed by atoms with Crippen LogP contribution in [0, 0.1) is 5.92 Å². The summed E-state index contributed by atoms with van der Waals surface area (Å²) in [6.07, 6.45) is 2.49. The lowest BCUT2D eigenvalue weighted by Gasteiger charge is -2.30. The van der Waals surface area contributed by atoms with Crippen LogP contribution in [0.1, 0.15) is 23.2 Å². The van der Waals surface area contributed by atoms with E-state index in [0.29, 0.717) is 16.6 Å². The molecule has 1 fully saturated rings. The molecular weight excluding hydrogens is 298 g/mol. The van der Waals surface area contributed by atoms with Crippen LogP contribution in [-0.4, -0.2) is 49.8 Å². The topological polar surface area (TPSA) is 53.6 Å². The number of ether oxygens (including phenoxy) is 1. The molecule has 1 aromatic rings. The van der Waals surface area contributed by atoms with Gasteiger partial charge in [-0.25, -0.2) is 4.79 Å². The molecule has 6 heteroatoms. The molecule has 0 radical (unpaired) electrons. The Kier molecular flexibility index (Phi) is 6.15. The van der Waals surface area contributed by atoms with Crippen molar-refractivity contribution in [1.29, 1.82) is 0 Å². The third kappa shape index (κ3) is 4.96. The lowest BCUT2D eigenvalue weighted by molar-refractivity contribution is 0.0601. The number of esters is 1. The Balaban J connectivity index is 1.78. The molecule has 5 nitrogen and oxygen atoms in total. The number of anilines is 1. The van der Waals surface area contributed by atoms with Gasteiger partial charge in [0.2, 0.25) is 0 Å². The summed E-state index contributed by atoms with van der Waals surface area (Å²) < 4.78 is 4.67. The lowest BCUT2D eigenvalue weighted by atomic mass is 9.99. The van der Waals surface area contributed by atoms with Crippen molar-refractivity contribution in [2.75, 3.05) is 39.1 Å². The van der Waals surface area contributed by atoms with Crippen LogP contribution < -0.4 is 10.6 Å². The van der Waals surface area contributed by atoms with Gasteiger partial charge in [0, 0.05) is 18.8 Å². The molecule has 1 saturated heterocycles. The first-order chi connectivity index (χ1) is 10.6. The molecule has 0 aromatic heterocycles. The standard InChI is InChI=1S/C16H23N3O2S/c1-19-9-3-4-12(11-19)10-17-16(22)18-14-7-5-13(6-8-14)15(20)21-2/h5-8,12H,3-4,9-11H2,1-2H3,(H2,17,18,22)/t12-/m1/s1. The van der Waals surface area contributed by atoms with Gasteiger partial charge in [0.15, 0.2) is 5.11 Å². The summed E-state index contributed by atoms with van der Waals surface area (Å²) in [5.41, 5.74) is 1.38. The van der Waals surface area contributed by atoms with Crippen LogP contribution in [0.25, 0.3) is 0 Å². The molecule has 1 heterocycles. The number of rotatable bonds is 4. The number of hydrogen-bond acceptors (Lipinski definition) is 4. The molecule has 1 atom stereocenters. The summed E-state index contributed by atoms with van der Waals surface area (Å²) in [4.78, 5) is 13.7. The van der Waals surface area contributed by atoms with E-state index < -0.39 is 0 Å². The number of nitrogens with one attached hydrogen (secondary N) is 2. The minimum absolute atomic E-state index is 0.339. The monoisotopic (exact) mass is 321 g/mol. The van der Waals surface area contributed by atoms with Gasteiger partial charge in [0.05, 0.1) is 12.7 Å². The van der Waals surface area contributed by atoms with Crippen LogP contribution in [0.4, 0.5) is 5.69 Å². The van der Waals surface area contributed by atoms with E-state index in [2.05, 4.69) is 27.3 Å². The lowest BCUT2D eigenvalue weighted by Crippen LogP contribution is -2.40. The summed E-state index contributed by atoms with van der Waals surface area (Å²) in [5, 5.41) is 7.01. The molecule has 2 N–H and O–H groups in total. The van der Waals surface area contributed by atoms with Crippen LogP contribution in [0.5, 0.6) is 0 Å². The highest BCUT2D eigenvalue weighted by Gasteiger charge is 2.17. The Bertz CT molecular complexity index is 519. The largest absolute Gasteiger partial charge is 0.465 e. The average molecular weight is 321 g/mol. The van der Waals surface area contributed by atoms with E-state index in [1.165, 1.54) is 26.5 Å². The van der Waals surface area contributed by atoms with Crippen molar-refractivity contribution in [2.24, 2.45) is 5.92 Å². The molecule has 0 saturated carbocycles. The van der Waals surface area contributed by atoms with Gasteiger partial charge in [0.1, 0.15) is 0 Å². The first-order valence-corrected chi connectivity index (χ1v) is 7.91. The number of carbonyl (C=O) groups is 1. The van der Waals surface area contributed by atoms with Crippen molar-refractivity contribution in [3.05, 3.63) is 29.8 Å². The van der Waals surface area contributed by atoms with Gasteiger partial charge in [-0.1, -0.05) is 0 Å². The van der Waals surface area contributed by atoms with Gasteiger partial charge >= 0.3 is 5.97 Å². The maximum atomic E-state index is 11.4. The molecule has 0 amide bonds. The van der Waals surface area contributed by atoms with Crippen molar-refractivity contribution < 1.29 is 9.53 Å². The van der Waals surface area contributed by atoms with Gasteiger partial charge in [-0.05, 0) is 68.8 Å². The van der Waals surface area contributed by atoms with Crippen molar-refractivity contribution >= 4 is 29.0 Å². The summed E-state index contributed by atoms with van der Waals surface area (Å²) >= 11 is 5.31. The molecule has 120 valence electrons. The van der Waals surface area contributed by atoms with Crippen molar-refractivity contribution in [3.63, 3.8) is 0 Å². The highest BCUT2D eigenvalue weighted by molar-refractivity contribution is 7.80. The second kappa shape index (κ2) is 8.10. The molecule has 1 aliphatic rings. The Hall–Kier alpha value is -1.66. The zero-order valence-electron chi connectivity index (χ0n) is 13.1. The smallest absolute Gasteiger partial charge is 0.337 e. The maximum Gasteiger partial charge on any atom is 0.337 e. The summed E-state index contributed by atoms with van der Waals surface area (Å²) in [6.45, 7) is 3.19. The Morgan fingerprint density at radius 2 is 2.14 bits per heavy atom.